The lowest BCUT2D eigenvalue weighted by Gasteiger charge is -2.51. The molecule has 620 valence electrons. The quantitative estimate of drug-likeness (QED) is 0.0290. The molecule has 4 amide bonds. The van der Waals surface area contributed by atoms with E-state index in [1.54, 1.807) is 0 Å². The van der Waals surface area contributed by atoms with Crippen molar-refractivity contribution >= 4 is 29.6 Å². The molecule has 107 heavy (non-hydrogen) atoms. The van der Waals surface area contributed by atoms with Gasteiger partial charge in [0.1, 0.15) is 183 Å². The number of aliphatic hydroxyl groups excluding tert-OH is 24. The number of aliphatic carboxylic acids is 1. The van der Waals surface area contributed by atoms with Gasteiger partial charge >= 0.3 is 5.97 Å². The van der Waals surface area contributed by atoms with Gasteiger partial charge in [0.25, 0.3) is 5.79 Å². The molecule has 40 atom stereocenters. The smallest absolute Gasteiger partial charge is 0.364 e. The first-order valence-corrected chi connectivity index (χ1v) is 33.7. The summed E-state index contributed by atoms with van der Waals surface area (Å²) in [5.74, 6) is -9.01. The fraction of sp³-hybridized carbons (Fsp3) is 0.915. The number of carboxylic acids is 1. The van der Waals surface area contributed by atoms with Crippen LogP contribution in [-0.2, 0) is 90.3 Å². The Bertz CT molecular complexity index is 2820. The van der Waals surface area contributed by atoms with Crippen LogP contribution in [0.4, 0.5) is 0 Å². The predicted molar refractivity (Wildman–Crippen MR) is 330 cm³/mol. The highest BCUT2D eigenvalue weighted by atomic mass is 16.8. The van der Waals surface area contributed by atoms with E-state index in [-0.39, 0.29) is 0 Å². The van der Waals surface area contributed by atoms with Crippen molar-refractivity contribution in [3.05, 3.63) is 0 Å². The summed E-state index contributed by atoms with van der Waals surface area (Å²) in [5.41, 5.74) is 0. The summed E-state index contributed by atoms with van der Waals surface area (Å²) in [5, 5.41) is 283. The lowest BCUT2D eigenvalue weighted by Crippen LogP contribution is -2.71. The van der Waals surface area contributed by atoms with Crippen LogP contribution in [0.25, 0.3) is 0 Å². The van der Waals surface area contributed by atoms with Crippen LogP contribution in [0.1, 0.15) is 34.1 Å². The molecule has 0 radical (unpaired) electrons. The maximum Gasteiger partial charge on any atom is 0.364 e. The van der Waals surface area contributed by atoms with Gasteiger partial charge in [-0.3, -0.25) is 19.2 Å². The Morgan fingerprint density at radius 2 is 0.841 bits per heavy atom. The summed E-state index contributed by atoms with van der Waals surface area (Å²) >= 11 is 0. The molecule has 7 fully saturated rings. The van der Waals surface area contributed by atoms with Gasteiger partial charge in [0.15, 0.2) is 37.7 Å². The normalized spacial score (nSPS) is 43.8. The van der Waals surface area contributed by atoms with Crippen LogP contribution in [0.15, 0.2) is 0 Å². The molecule has 0 aromatic carbocycles. The van der Waals surface area contributed by atoms with Gasteiger partial charge in [0.05, 0.1) is 77.6 Å². The van der Waals surface area contributed by atoms with Crippen molar-refractivity contribution < 1.29 is 218 Å². The summed E-state index contributed by atoms with van der Waals surface area (Å²) in [6.45, 7) is -6.48. The number of hydrogen-bond acceptors (Lipinski definition) is 43. The van der Waals surface area contributed by atoms with E-state index >= 15 is 0 Å². The van der Waals surface area contributed by atoms with Crippen LogP contribution in [0.2, 0.25) is 0 Å². The maximum absolute atomic E-state index is 13.2. The average molecular weight is 1570 g/mol. The van der Waals surface area contributed by atoms with Crippen molar-refractivity contribution in [1.29, 1.82) is 0 Å². The zero-order valence-electron chi connectivity index (χ0n) is 57.5. The SMILES string of the molecule is CC(=O)N[C@H]1[C@H](O[C@@H]([C@H](O)[C@H](CO)NC(C)=O)[C@H](O)CO)O[C@H](CO)[C@@H](O[C@@H]2O[C@H](CO[C@H]3O[C@H](CO)[C@@H](O)[C@H](O)[C@@H]3O[C@@H]3O[C@H](CO)[C@@H](O[C@@H]4O[C@H](CO)[C@H](O)[C@H](O[C@]5(C(=O)O)C[C@H](O)[C@@H](NC(C)=O)[C@H]([C@H](O)[C@H](O)CO)O5)[C@H]4O)[C@H](O)[C@H]3NC(C)=O)[C@@H](O)[C@H](O[C@H]3O[C@H](CO)[C@@H](O)[C@H](O)[C@@H]3O)[C@@H]2O)[C@@H]1O. The molecule has 7 rings (SSSR count). The van der Waals surface area contributed by atoms with Crippen molar-refractivity contribution in [2.45, 2.75) is 279 Å². The molecular weight excluding hydrogens is 1470 g/mol. The minimum Gasteiger partial charge on any atom is -0.477 e. The fourth-order valence-electron chi connectivity index (χ4n) is 13.3. The number of nitrogens with one attached hydrogen (secondary N) is 4. The summed E-state index contributed by atoms with van der Waals surface area (Å²) in [7, 11) is 0. The van der Waals surface area contributed by atoms with Gasteiger partial charge in [0.2, 0.25) is 23.6 Å². The molecule has 0 saturated carbocycles. The molecule has 7 heterocycles. The molecule has 7 aliphatic heterocycles. The fourth-order valence-corrected chi connectivity index (χ4v) is 13.3. The third-order valence-electron chi connectivity index (χ3n) is 18.9. The Hall–Kier alpha value is -4.17. The Morgan fingerprint density at radius 3 is 1.33 bits per heavy atom. The van der Waals surface area contributed by atoms with Crippen molar-refractivity contribution in [3.8, 4) is 0 Å². The first-order valence-electron chi connectivity index (χ1n) is 33.7. The van der Waals surface area contributed by atoms with Gasteiger partial charge in [-0.25, -0.2) is 4.79 Å². The van der Waals surface area contributed by atoms with Crippen LogP contribution >= 0.6 is 0 Å². The first kappa shape index (κ1) is 90.0. The van der Waals surface area contributed by atoms with Gasteiger partial charge in [-0.1, -0.05) is 0 Å². The highest BCUT2D eigenvalue weighted by molar-refractivity contribution is 5.77. The minimum atomic E-state index is -3.27. The Morgan fingerprint density at radius 1 is 0.421 bits per heavy atom. The van der Waals surface area contributed by atoms with E-state index in [2.05, 4.69) is 21.3 Å². The number of rotatable bonds is 33. The second-order valence-corrected chi connectivity index (χ2v) is 26.5. The summed E-state index contributed by atoms with van der Waals surface area (Å²) < 4.78 is 81.9. The number of amides is 4. The van der Waals surface area contributed by atoms with Crippen LogP contribution in [0, 0.1) is 0 Å². The van der Waals surface area contributed by atoms with E-state index in [1.165, 1.54) is 0 Å². The van der Waals surface area contributed by atoms with Gasteiger partial charge in [0, 0.05) is 34.1 Å². The zero-order chi connectivity index (χ0) is 79.7. The molecule has 0 unspecified atom stereocenters. The van der Waals surface area contributed by atoms with E-state index in [4.69, 9.17) is 66.3 Å². The average Bonchev–Trinajstić information content (AvgIpc) is 0.744. The van der Waals surface area contributed by atoms with E-state index in [0.717, 1.165) is 27.7 Å². The molecule has 48 nitrogen and oxygen atoms in total. The molecule has 29 N–H and O–H groups in total. The van der Waals surface area contributed by atoms with E-state index < -0.39 is 340 Å². The van der Waals surface area contributed by atoms with Crippen molar-refractivity contribution in [2.75, 3.05) is 59.5 Å². The highest BCUT2D eigenvalue weighted by Gasteiger charge is 2.62. The lowest BCUT2D eigenvalue weighted by atomic mass is 9.88. The maximum atomic E-state index is 13.2. The first-order chi connectivity index (χ1) is 50.4. The number of ether oxygens (including phenoxy) is 14. The van der Waals surface area contributed by atoms with Gasteiger partial charge in [-0.15, -0.1) is 0 Å². The number of carbonyl (C=O) groups excluding carboxylic acids is 4. The monoisotopic (exact) mass is 1570 g/mol. The van der Waals surface area contributed by atoms with Gasteiger partial charge in [-0.2, -0.15) is 0 Å². The van der Waals surface area contributed by atoms with Crippen molar-refractivity contribution in [3.63, 3.8) is 0 Å². The second-order valence-electron chi connectivity index (χ2n) is 26.5. The van der Waals surface area contributed by atoms with Crippen molar-refractivity contribution in [2.24, 2.45) is 0 Å². The second kappa shape index (κ2) is 39.5. The third kappa shape index (κ3) is 20.6. The van der Waals surface area contributed by atoms with E-state index in [9.17, 15) is 152 Å². The summed E-state index contributed by atoms with van der Waals surface area (Å²) in [4.78, 5) is 63.0. The van der Waals surface area contributed by atoms with Crippen LogP contribution in [0.3, 0.4) is 0 Å². The van der Waals surface area contributed by atoms with Crippen LogP contribution < -0.4 is 21.3 Å². The number of hydrogen-bond donors (Lipinski definition) is 29. The largest absolute Gasteiger partial charge is 0.477 e. The summed E-state index contributed by atoms with van der Waals surface area (Å²) in [6, 6.07) is -7.27. The number of carboxylic acid groups (broad SMARTS) is 1. The lowest BCUT2D eigenvalue weighted by molar-refractivity contribution is -0.392. The highest BCUT2D eigenvalue weighted by Crippen LogP contribution is 2.41. The molecule has 0 spiro atoms. The topological polar surface area (TPSA) is 768 Å². The molecule has 7 aliphatic rings. The van der Waals surface area contributed by atoms with Gasteiger partial charge in [-0.05, 0) is 0 Å². The Kier molecular flexibility index (Phi) is 33.3. The molecule has 48 heteroatoms. The molecule has 0 aromatic rings. The Labute approximate surface area is 605 Å². The zero-order valence-corrected chi connectivity index (χ0v) is 57.5. The van der Waals surface area contributed by atoms with Crippen LogP contribution in [-0.4, -0.2) is 461 Å². The van der Waals surface area contributed by atoms with E-state index in [0.29, 0.717) is 0 Å². The molecule has 0 bridgehead atoms. The number of aliphatic hydroxyl groups is 24. The Balaban J connectivity index is 1.17. The standard InChI is InChI=1S/C59H100N4O44/c1-15(72)60-19(6-64)32(79)45(22(78)8-66)101-52-30(62-17(3)74)38(85)46(26(12-70)98-52)102-55-43(90)49(104-54-42(89)40(87)34(81)23(9-67)95-54)37(84)28(100-55)14-94-57-51(41(88)35(82)24(10-68)97-57)105-53-31(63-18(4)75)39(86)47(27(13-71)99-53)103-56-44(91)50(36(83)25(11-69)96-56)107-59(58(92)93)5-20(76)29(61-16(2)73)48(106-59)33(80)21(77)7-65/h19-57,64-71,76-91H,5-14H2,1-4H3,(H,60,72)(H,61,73)(H,62,74)(H,63,75)(H,92,93)/t19-,20-,21+,22+,23+,24+,25+,26+,27+,28+,29+,30+,31+,32+,33+,34+,35+,36-,37+,38+,39+,40-,41-,42-,43-,44+,45+,46+,47+,48+,49-,50-,51-,52-,53-,54+,55-,56-,57-,59-/m0/s1. The third-order valence-corrected chi connectivity index (χ3v) is 18.9. The van der Waals surface area contributed by atoms with E-state index in [1.807, 2.05) is 0 Å². The predicted octanol–water partition coefficient (Wildman–Crippen LogP) is -19.0. The minimum absolute atomic E-state index is 0.791. The van der Waals surface area contributed by atoms with Gasteiger partial charge < -0.3 is 215 Å². The molecule has 0 aromatic heterocycles. The number of carbonyl (C=O) groups is 5. The van der Waals surface area contributed by atoms with Crippen molar-refractivity contribution in [1.82, 2.24) is 21.3 Å². The molecule has 0 aliphatic carbocycles. The van der Waals surface area contributed by atoms with Crippen LogP contribution in [0.5, 0.6) is 0 Å². The summed E-state index contributed by atoms with van der Waals surface area (Å²) in [6.07, 6.45) is -76.9. The molecular formula is C59H100N4O44. The molecule has 7 saturated heterocycles.